The molecule has 0 aliphatic carbocycles. The number of methoxy groups -OCH3 is 3. The summed E-state index contributed by atoms with van der Waals surface area (Å²) in [6.45, 7) is 0. The Bertz CT molecular complexity index is 728. The maximum Gasteiger partial charge on any atom is 0.345 e. The van der Waals surface area contributed by atoms with Crippen LogP contribution >= 0.6 is 0 Å². The Morgan fingerprint density at radius 1 is 0.864 bits per heavy atom. The van der Waals surface area contributed by atoms with Crippen LogP contribution in [-0.4, -0.2) is 33.3 Å². The molecule has 22 heavy (non-hydrogen) atoms. The molecule has 0 aliphatic heterocycles. The molecule has 0 N–H and O–H groups in total. The van der Waals surface area contributed by atoms with Crippen molar-refractivity contribution in [2.75, 3.05) is 21.3 Å². The fourth-order valence-corrected chi connectivity index (χ4v) is 2.05. The minimum Gasteiger partial charge on any atom is -0.497 e. The first-order valence-electron chi connectivity index (χ1n) is 6.55. The standard InChI is InChI=1S/C17H16O5/c1-20-14-7-6-12-8-11(4-5-13(12)10-14)9-15(16(18)21-2)17(19)22-3/h4-10H,1-3H3. The van der Waals surface area contributed by atoms with E-state index in [-0.39, 0.29) is 5.57 Å². The lowest BCUT2D eigenvalue weighted by Crippen LogP contribution is -2.15. The third kappa shape index (κ3) is 3.25. The second-order valence-corrected chi connectivity index (χ2v) is 4.51. The number of esters is 2. The molecule has 0 atom stereocenters. The summed E-state index contributed by atoms with van der Waals surface area (Å²) in [6.07, 6.45) is 1.45. The number of hydrogen-bond acceptors (Lipinski definition) is 5. The predicted molar refractivity (Wildman–Crippen MR) is 82.5 cm³/mol. The lowest BCUT2D eigenvalue weighted by atomic mass is 10.0. The third-order valence-electron chi connectivity index (χ3n) is 3.19. The van der Waals surface area contributed by atoms with Crippen LogP contribution in [0.4, 0.5) is 0 Å². The average Bonchev–Trinajstić information content (AvgIpc) is 2.57. The van der Waals surface area contributed by atoms with E-state index in [1.54, 1.807) is 13.2 Å². The van der Waals surface area contributed by atoms with Gasteiger partial charge in [0.2, 0.25) is 0 Å². The van der Waals surface area contributed by atoms with Crippen molar-refractivity contribution in [2.24, 2.45) is 0 Å². The van der Waals surface area contributed by atoms with Crippen molar-refractivity contribution in [3.8, 4) is 5.75 Å². The first-order chi connectivity index (χ1) is 10.6. The van der Waals surface area contributed by atoms with Crippen molar-refractivity contribution in [2.45, 2.75) is 0 Å². The molecule has 2 aromatic carbocycles. The quantitative estimate of drug-likeness (QED) is 0.376. The Morgan fingerprint density at radius 3 is 2.05 bits per heavy atom. The molecule has 0 unspecified atom stereocenters. The van der Waals surface area contributed by atoms with Gasteiger partial charge in [0.15, 0.2) is 0 Å². The molecular weight excluding hydrogens is 284 g/mol. The van der Waals surface area contributed by atoms with E-state index in [9.17, 15) is 9.59 Å². The van der Waals surface area contributed by atoms with Gasteiger partial charge in [-0.05, 0) is 40.6 Å². The summed E-state index contributed by atoms with van der Waals surface area (Å²) in [4.78, 5) is 23.3. The summed E-state index contributed by atoms with van der Waals surface area (Å²) in [5, 5.41) is 1.96. The van der Waals surface area contributed by atoms with Gasteiger partial charge < -0.3 is 14.2 Å². The van der Waals surface area contributed by atoms with E-state index in [0.717, 1.165) is 16.5 Å². The van der Waals surface area contributed by atoms with Crippen LogP contribution in [0.5, 0.6) is 5.75 Å². The molecule has 0 aliphatic rings. The monoisotopic (exact) mass is 300 g/mol. The summed E-state index contributed by atoms with van der Waals surface area (Å²) in [5.74, 6) is -0.705. The molecule has 0 amide bonds. The molecule has 0 saturated carbocycles. The molecule has 0 saturated heterocycles. The van der Waals surface area contributed by atoms with Crippen molar-refractivity contribution >= 4 is 28.8 Å². The number of fused-ring (bicyclic) bond motifs is 1. The maximum absolute atomic E-state index is 11.7. The van der Waals surface area contributed by atoms with E-state index in [0.29, 0.717) is 5.56 Å². The molecule has 2 rings (SSSR count). The molecule has 2 aromatic rings. The zero-order chi connectivity index (χ0) is 16.1. The highest BCUT2D eigenvalue weighted by Crippen LogP contribution is 2.23. The summed E-state index contributed by atoms with van der Waals surface area (Å²) < 4.78 is 14.4. The summed E-state index contributed by atoms with van der Waals surface area (Å²) >= 11 is 0. The minimum absolute atomic E-state index is 0.155. The Balaban J connectivity index is 2.46. The van der Waals surface area contributed by atoms with Crippen molar-refractivity contribution in [3.05, 3.63) is 47.5 Å². The first-order valence-corrected chi connectivity index (χ1v) is 6.55. The number of rotatable bonds is 4. The van der Waals surface area contributed by atoms with Crippen LogP contribution in [0.3, 0.4) is 0 Å². The van der Waals surface area contributed by atoms with Gasteiger partial charge in [-0.25, -0.2) is 9.59 Å². The summed E-state index contributed by atoms with van der Waals surface area (Å²) in [7, 11) is 4.04. The van der Waals surface area contributed by atoms with Crippen LogP contribution in [0.1, 0.15) is 5.56 Å². The molecule has 0 spiro atoms. The molecule has 5 heteroatoms. The van der Waals surface area contributed by atoms with Gasteiger partial charge in [0.05, 0.1) is 21.3 Å². The zero-order valence-electron chi connectivity index (χ0n) is 12.6. The fraction of sp³-hybridized carbons (Fsp3) is 0.176. The smallest absolute Gasteiger partial charge is 0.345 e. The molecule has 0 heterocycles. The molecule has 0 bridgehead atoms. The Labute approximate surface area is 128 Å². The Hall–Kier alpha value is -2.82. The van der Waals surface area contributed by atoms with Gasteiger partial charge in [0.1, 0.15) is 11.3 Å². The van der Waals surface area contributed by atoms with Gasteiger partial charge in [-0.15, -0.1) is 0 Å². The Morgan fingerprint density at radius 2 is 1.45 bits per heavy atom. The lowest BCUT2D eigenvalue weighted by Gasteiger charge is -2.05. The molecular formula is C17H16O5. The SMILES string of the molecule is COC(=O)C(=Cc1ccc2cc(OC)ccc2c1)C(=O)OC. The fourth-order valence-electron chi connectivity index (χ4n) is 2.05. The molecule has 0 radical (unpaired) electrons. The molecule has 0 fully saturated rings. The predicted octanol–water partition coefficient (Wildman–Crippen LogP) is 2.58. The van der Waals surface area contributed by atoms with Crippen LogP contribution in [0.15, 0.2) is 42.0 Å². The summed E-state index contributed by atoms with van der Waals surface area (Å²) in [6, 6.07) is 11.2. The largest absolute Gasteiger partial charge is 0.497 e. The topological polar surface area (TPSA) is 61.8 Å². The Kier molecular flexibility index (Phi) is 4.78. The normalized spacial score (nSPS) is 9.95. The van der Waals surface area contributed by atoms with E-state index in [1.807, 2.05) is 30.3 Å². The zero-order valence-corrected chi connectivity index (χ0v) is 12.6. The summed E-state index contributed by atoms with van der Waals surface area (Å²) in [5.41, 5.74) is 0.543. The van der Waals surface area contributed by atoms with Gasteiger partial charge >= 0.3 is 11.9 Å². The number of carbonyl (C=O) groups is 2. The van der Waals surface area contributed by atoms with E-state index >= 15 is 0 Å². The molecule has 0 aromatic heterocycles. The van der Waals surface area contributed by atoms with Crippen LogP contribution in [-0.2, 0) is 19.1 Å². The highest BCUT2D eigenvalue weighted by molar-refractivity contribution is 6.17. The highest BCUT2D eigenvalue weighted by atomic mass is 16.5. The number of ether oxygens (including phenoxy) is 3. The van der Waals surface area contributed by atoms with Gasteiger partial charge in [-0.3, -0.25) is 0 Å². The lowest BCUT2D eigenvalue weighted by molar-refractivity contribution is -0.143. The van der Waals surface area contributed by atoms with Crippen molar-refractivity contribution < 1.29 is 23.8 Å². The van der Waals surface area contributed by atoms with Crippen molar-refractivity contribution in [3.63, 3.8) is 0 Å². The first kappa shape index (κ1) is 15.6. The van der Waals surface area contributed by atoms with Crippen LogP contribution in [0.25, 0.3) is 16.8 Å². The number of carbonyl (C=O) groups excluding carboxylic acids is 2. The van der Waals surface area contributed by atoms with Gasteiger partial charge in [0, 0.05) is 0 Å². The van der Waals surface area contributed by atoms with E-state index in [1.165, 1.54) is 20.3 Å². The highest BCUT2D eigenvalue weighted by Gasteiger charge is 2.19. The van der Waals surface area contributed by atoms with Crippen LogP contribution in [0.2, 0.25) is 0 Å². The van der Waals surface area contributed by atoms with Crippen molar-refractivity contribution in [1.82, 2.24) is 0 Å². The molecule has 5 nitrogen and oxygen atoms in total. The van der Waals surface area contributed by atoms with E-state index in [2.05, 4.69) is 9.47 Å². The maximum atomic E-state index is 11.7. The van der Waals surface area contributed by atoms with Crippen LogP contribution in [0, 0.1) is 0 Å². The van der Waals surface area contributed by atoms with Gasteiger partial charge in [-0.2, -0.15) is 0 Å². The number of benzene rings is 2. The van der Waals surface area contributed by atoms with Gasteiger partial charge in [-0.1, -0.05) is 18.2 Å². The van der Waals surface area contributed by atoms with Crippen molar-refractivity contribution in [1.29, 1.82) is 0 Å². The van der Waals surface area contributed by atoms with E-state index < -0.39 is 11.9 Å². The minimum atomic E-state index is -0.735. The van der Waals surface area contributed by atoms with E-state index in [4.69, 9.17) is 4.74 Å². The second-order valence-electron chi connectivity index (χ2n) is 4.51. The molecule has 114 valence electrons. The van der Waals surface area contributed by atoms with Gasteiger partial charge in [0.25, 0.3) is 0 Å². The average molecular weight is 300 g/mol. The van der Waals surface area contributed by atoms with Crippen LogP contribution < -0.4 is 4.74 Å². The number of hydrogen-bond donors (Lipinski definition) is 0. The second kappa shape index (κ2) is 6.76. The third-order valence-corrected chi connectivity index (χ3v) is 3.19.